The number of hydrogen-bond acceptors (Lipinski definition) is 5. The first-order valence-electron chi connectivity index (χ1n) is 7.76. The number of hydrogen-bond donors (Lipinski definition) is 1. The fourth-order valence-corrected chi connectivity index (χ4v) is 2.20. The Morgan fingerprint density at radius 3 is 2.65 bits per heavy atom. The van der Waals surface area contributed by atoms with E-state index in [1.54, 1.807) is 24.3 Å². The van der Waals surface area contributed by atoms with Crippen LogP contribution >= 0.6 is 0 Å². The standard InChI is InChI=1S/C19H17FN2O4/c1-12(19(24)22-16-6-4-3-5-14(16)11-21)26-18(23)10-13-7-8-17(25-2)15(20)9-13/h3-9,12H,10H2,1-2H3,(H,22,24)/t12-/m0/s1. The lowest BCUT2D eigenvalue weighted by molar-refractivity contribution is -0.152. The van der Waals surface area contributed by atoms with Gasteiger partial charge in [0.15, 0.2) is 17.7 Å². The zero-order valence-electron chi connectivity index (χ0n) is 14.3. The van der Waals surface area contributed by atoms with Crippen molar-refractivity contribution in [3.63, 3.8) is 0 Å². The van der Waals surface area contributed by atoms with Gasteiger partial charge in [0.25, 0.3) is 5.91 Å². The van der Waals surface area contributed by atoms with Crippen molar-refractivity contribution in [1.82, 2.24) is 0 Å². The van der Waals surface area contributed by atoms with Gasteiger partial charge in [-0.05, 0) is 36.8 Å². The van der Waals surface area contributed by atoms with Gasteiger partial charge in [-0.25, -0.2) is 4.39 Å². The molecule has 26 heavy (non-hydrogen) atoms. The van der Waals surface area contributed by atoms with Gasteiger partial charge in [-0.15, -0.1) is 0 Å². The van der Waals surface area contributed by atoms with Crippen molar-refractivity contribution in [3.05, 3.63) is 59.4 Å². The molecule has 0 spiro atoms. The van der Waals surface area contributed by atoms with Crippen LogP contribution in [0.3, 0.4) is 0 Å². The van der Waals surface area contributed by atoms with Gasteiger partial charge in [-0.3, -0.25) is 9.59 Å². The maximum absolute atomic E-state index is 13.6. The number of nitriles is 1. The molecule has 6 nitrogen and oxygen atoms in total. The zero-order valence-corrected chi connectivity index (χ0v) is 14.3. The quantitative estimate of drug-likeness (QED) is 0.804. The van der Waals surface area contributed by atoms with Crippen LogP contribution in [-0.4, -0.2) is 25.1 Å². The topological polar surface area (TPSA) is 88.4 Å². The van der Waals surface area contributed by atoms with E-state index in [9.17, 15) is 14.0 Å². The summed E-state index contributed by atoms with van der Waals surface area (Å²) in [5, 5.41) is 11.6. The number of halogens is 1. The van der Waals surface area contributed by atoms with E-state index in [0.29, 0.717) is 16.8 Å². The van der Waals surface area contributed by atoms with Crippen LogP contribution in [0.1, 0.15) is 18.1 Å². The Kier molecular flexibility index (Phi) is 6.28. The van der Waals surface area contributed by atoms with Crippen LogP contribution in [0.4, 0.5) is 10.1 Å². The minimum Gasteiger partial charge on any atom is -0.494 e. The molecule has 0 aromatic heterocycles. The highest BCUT2D eigenvalue weighted by atomic mass is 19.1. The van der Waals surface area contributed by atoms with Gasteiger partial charge in [-0.1, -0.05) is 18.2 Å². The number of carbonyl (C=O) groups is 2. The van der Waals surface area contributed by atoms with Crippen molar-refractivity contribution < 1.29 is 23.5 Å². The van der Waals surface area contributed by atoms with Crippen molar-refractivity contribution in [2.45, 2.75) is 19.4 Å². The minimum absolute atomic E-state index is 0.0750. The molecular formula is C19H17FN2O4. The van der Waals surface area contributed by atoms with Crippen molar-refractivity contribution in [2.24, 2.45) is 0 Å². The Labute approximate surface area is 150 Å². The molecule has 134 valence electrons. The highest BCUT2D eigenvalue weighted by Gasteiger charge is 2.19. The number of carbonyl (C=O) groups excluding carboxylic acids is 2. The van der Waals surface area contributed by atoms with Gasteiger partial charge in [0.2, 0.25) is 0 Å². The molecule has 0 aliphatic rings. The van der Waals surface area contributed by atoms with Crippen LogP contribution in [-0.2, 0) is 20.7 Å². The van der Waals surface area contributed by atoms with Crippen LogP contribution in [0.5, 0.6) is 5.75 Å². The number of para-hydroxylation sites is 1. The fraction of sp³-hybridized carbons (Fsp3) is 0.211. The SMILES string of the molecule is COc1ccc(CC(=O)O[C@@H](C)C(=O)Nc2ccccc2C#N)cc1F. The molecule has 2 aromatic rings. The van der Waals surface area contributed by atoms with Crippen molar-refractivity contribution in [3.8, 4) is 11.8 Å². The number of anilines is 1. The Morgan fingerprint density at radius 1 is 1.27 bits per heavy atom. The lowest BCUT2D eigenvalue weighted by Crippen LogP contribution is -2.30. The summed E-state index contributed by atoms with van der Waals surface area (Å²) in [6, 6.07) is 12.6. The van der Waals surface area contributed by atoms with Gasteiger partial charge < -0.3 is 14.8 Å². The second-order valence-electron chi connectivity index (χ2n) is 5.42. The van der Waals surface area contributed by atoms with Crippen LogP contribution in [0.25, 0.3) is 0 Å². The van der Waals surface area contributed by atoms with Crippen LogP contribution in [0, 0.1) is 17.1 Å². The molecule has 0 aliphatic carbocycles. The molecule has 0 saturated heterocycles. The number of amides is 1. The summed E-state index contributed by atoms with van der Waals surface area (Å²) in [7, 11) is 1.34. The van der Waals surface area contributed by atoms with Crippen LogP contribution < -0.4 is 10.1 Å². The molecule has 2 rings (SSSR count). The average molecular weight is 356 g/mol. The number of rotatable bonds is 6. The summed E-state index contributed by atoms with van der Waals surface area (Å²) in [6.45, 7) is 1.41. The van der Waals surface area contributed by atoms with E-state index >= 15 is 0 Å². The summed E-state index contributed by atoms with van der Waals surface area (Å²) >= 11 is 0. The predicted octanol–water partition coefficient (Wildman–Crippen LogP) is 2.82. The number of benzene rings is 2. The van der Waals surface area contributed by atoms with E-state index in [1.807, 2.05) is 6.07 Å². The van der Waals surface area contributed by atoms with E-state index in [4.69, 9.17) is 14.7 Å². The van der Waals surface area contributed by atoms with Crippen molar-refractivity contribution >= 4 is 17.6 Å². The molecule has 0 saturated carbocycles. The Bertz CT molecular complexity index is 861. The maximum atomic E-state index is 13.6. The molecule has 2 aromatic carbocycles. The molecule has 0 heterocycles. The minimum atomic E-state index is -1.07. The third-order valence-electron chi connectivity index (χ3n) is 3.55. The van der Waals surface area contributed by atoms with E-state index in [2.05, 4.69) is 5.32 Å². The first-order valence-corrected chi connectivity index (χ1v) is 7.76. The van der Waals surface area contributed by atoms with Crippen molar-refractivity contribution in [2.75, 3.05) is 12.4 Å². The molecule has 7 heteroatoms. The van der Waals surface area contributed by atoms with Gasteiger partial charge >= 0.3 is 5.97 Å². The Hall–Kier alpha value is -3.40. The summed E-state index contributed by atoms with van der Waals surface area (Å²) in [5.74, 6) is -1.75. The molecule has 0 fully saturated rings. The smallest absolute Gasteiger partial charge is 0.311 e. The van der Waals surface area contributed by atoms with E-state index in [-0.39, 0.29) is 12.2 Å². The second-order valence-corrected chi connectivity index (χ2v) is 5.42. The van der Waals surface area contributed by atoms with E-state index in [0.717, 1.165) is 0 Å². The second kappa shape index (κ2) is 8.62. The first kappa shape index (κ1) is 18.9. The normalized spacial score (nSPS) is 11.2. The molecule has 0 aliphatic heterocycles. The molecule has 1 amide bonds. The summed E-state index contributed by atoms with van der Waals surface area (Å²) in [6.07, 6.45) is -1.26. The maximum Gasteiger partial charge on any atom is 0.311 e. The number of nitrogens with zero attached hydrogens (tertiary/aromatic N) is 1. The Balaban J connectivity index is 1.95. The van der Waals surface area contributed by atoms with Crippen LogP contribution in [0.2, 0.25) is 0 Å². The molecule has 0 bridgehead atoms. The largest absolute Gasteiger partial charge is 0.494 e. The number of ether oxygens (including phenoxy) is 2. The summed E-state index contributed by atoms with van der Waals surface area (Å²) in [4.78, 5) is 24.1. The van der Waals surface area contributed by atoms with Gasteiger partial charge in [-0.2, -0.15) is 5.26 Å². The summed E-state index contributed by atoms with van der Waals surface area (Å²) < 4.78 is 23.5. The predicted molar refractivity (Wildman–Crippen MR) is 92.0 cm³/mol. The first-order chi connectivity index (χ1) is 12.4. The van der Waals surface area contributed by atoms with E-state index in [1.165, 1.54) is 32.2 Å². The fourth-order valence-electron chi connectivity index (χ4n) is 2.20. The molecule has 1 atom stereocenters. The lowest BCUT2D eigenvalue weighted by Gasteiger charge is -2.14. The number of esters is 1. The number of nitrogens with one attached hydrogen (secondary N) is 1. The molecule has 0 radical (unpaired) electrons. The van der Waals surface area contributed by atoms with Crippen molar-refractivity contribution in [1.29, 1.82) is 5.26 Å². The molecule has 0 unspecified atom stereocenters. The third-order valence-corrected chi connectivity index (χ3v) is 3.55. The van der Waals surface area contributed by atoms with Crippen LogP contribution in [0.15, 0.2) is 42.5 Å². The van der Waals surface area contributed by atoms with E-state index < -0.39 is 23.8 Å². The number of methoxy groups -OCH3 is 1. The lowest BCUT2D eigenvalue weighted by atomic mass is 10.1. The van der Waals surface area contributed by atoms with Gasteiger partial charge in [0, 0.05) is 0 Å². The highest BCUT2D eigenvalue weighted by molar-refractivity contribution is 5.96. The third kappa shape index (κ3) is 4.80. The monoisotopic (exact) mass is 356 g/mol. The van der Waals surface area contributed by atoms with Gasteiger partial charge in [0.1, 0.15) is 6.07 Å². The highest BCUT2D eigenvalue weighted by Crippen LogP contribution is 2.18. The molecular weight excluding hydrogens is 339 g/mol. The Morgan fingerprint density at radius 2 is 2.00 bits per heavy atom. The zero-order chi connectivity index (χ0) is 19.1. The van der Waals surface area contributed by atoms with Gasteiger partial charge in [0.05, 0.1) is 24.8 Å². The molecule has 1 N–H and O–H groups in total. The summed E-state index contributed by atoms with van der Waals surface area (Å²) in [5.41, 5.74) is 1.03. The average Bonchev–Trinajstić information content (AvgIpc) is 2.62.